The standard InChI is InChI=1S/C16H24ClNO/c1-3-10-18-11-9-16(7-4-8-16)19-15-12-14(17)6-5-13(15)2/h5-6,12,18H,3-4,7-11H2,1-2H3. The summed E-state index contributed by atoms with van der Waals surface area (Å²) < 4.78 is 6.31. The molecule has 0 amide bonds. The Bertz CT molecular complexity index is 415. The van der Waals surface area contributed by atoms with Crippen molar-refractivity contribution in [2.24, 2.45) is 0 Å². The molecule has 1 aromatic carbocycles. The van der Waals surface area contributed by atoms with Gasteiger partial charge in [-0.3, -0.25) is 0 Å². The third kappa shape index (κ3) is 3.87. The van der Waals surface area contributed by atoms with Gasteiger partial charge < -0.3 is 10.1 Å². The Labute approximate surface area is 121 Å². The van der Waals surface area contributed by atoms with Crippen LogP contribution in [0.25, 0.3) is 0 Å². The van der Waals surface area contributed by atoms with Crippen LogP contribution >= 0.6 is 11.6 Å². The van der Waals surface area contributed by atoms with E-state index in [2.05, 4.69) is 19.2 Å². The summed E-state index contributed by atoms with van der Waals surface area (Å²) in [5, 5.41) is 4.21. The Hall–Kier alpha value is -0.730. The normalized spacial score (nSPS) is 17.0. The van der Waals surface area contributed by atoms with Crippen LogP contribution in [0.4, 0.5) is 0 Å². The van der Waals surface area contributed by atoms with Gasteiger partial charge in [-0.15, -0.1) is 0 Å². The van der Waals surface area contributed by atoms with Crippen molar-refractivity contribution in [1.29, 1.82) is 0 Å². The third-order valence-electron chi connectivity index (χ3n) is 3.93. The smallest absolute Gasteiger partial charge is 0.124 e. The van der Waals surface area contributed by atoms with Crippen LogP contribution in [0, 0.1) is 6.92 Å². The minimum atomic E-state index is 0.0379. The molecule has 0 atom stereocenters. The van der Waals surface area contributed by atoms with Gasteiger partial charge in [-0.25, -0.2) is 0 Å². The van der Waals surface area contributed by atoms with Crippen LogP contribution in [-0.4, -0.2) is 18.7 Å². The summed E-state index contributed by atoms with van der Waals surface area (Å²) >= 11 is 6.06. The molecule has 1 aliphatic rings. The molecule has 19 heavy (non-hydrogen) atoms. The average molecular weight is 282 g/mol. The van der Waals surface area contributed by atoms with Crippen molar-refractivity contribution < 1.29 is 4.74 Å². The highest BCUT2D eigenvalue weighted by atomic mass is 35.5. The van der Waals surface area contributed by atoms with Gasteiger partial charge in [-0.1, -0.05) is 24.6 Å². The molecule has 2 rings (SSSR count). The molecule has 1 aliphatic carbocycles. The molecule has 2 nitrogen and oxygen atoms in total. The number of halogens is 1. The van der Waals surface area contributed by atoms with Crippen LogP contribution in [-0.2, 0) is 0 Å². The lowest BCUT2D eigenvalue weighted by Crippen LogP contribution is -2.45. The summed E-state index contributed by atoms with van der Waals surface area (Å²) in [6.07, 6.45) is 5.85. The summed E-state index contributed by atoms with van der Waals surface area (Å²) in [7, 11) is 0. The van der Waals surface area contributed by atoms with Crippen LogP contribution in [0.3, 0.4) is 0 Å². The van der Waals surface area contributed by atoms with E-state index in [0.717, 1.165) is 48.7 Å². The summed E-state index contributed by atoms with van der Waals surface area (Å²) in [4.78, 5) is 0. The van der Waals surface area contributed by atoms with Crippen LogP contribution in [0.15, 0.2) is 18.2 Å². The van der Waals surface area contributed by atoms with Crippen molar-refractivity contribution in [3.63, 3.8) is 0 Å². The quantitative estimate of drug-likeness (QED) is 0.751. The van der Waals surface area contributed by atoms with E-state index in [1.54, 1.807) is 0 Å². The van der Waals surface area contributed by atoms with E-state index in [9.17, 15) is 0 Å². The van der Waals surface area contributed by atoms with Gasteiger partial charge in [0.15, 0.2) is 0 Å². The molecule has 0 aromatic heterocycles. The Morgan fingerprint density at radius 3 is 2.74 bits per heavy atom. The maximum Gasteiger partial charge on any atom is 0.124 e. The van der Waals surface area contributed by atoms with Crippen molar-refractivity contribution in [2.45, 2.75) is 51.6 Å². The molecule has 1 aromatic rings. The number of rotatable bonds is 7. The molecular formula is C16H24ClNO. The maximum atomic E-state index is 6.31. The third-order valence-corrected chi connectivity index (χ3v) is 4.16. The Morgan fingerprint density at radius 2 is 2.11 bits per heavy atom. The van der Waals surface area contributed by atoms with E-state index in [-0.39, 0.29) is 5.60 Å². The van der Waals surface area contributed by atoms with Gasteiger partial charge in [-0.05, 0) is 69.8 Å². The van der Waals surface area contributed by atoms with Gasteiger partial charge in [0.25, 0.3) is 0 Å². The summed E-state index contributed by atoms with van der Waals surface area (Å²) in [5.41, 5.74) is 1.20. The molecule has 3 heteroatoms. The number of ether oxygens (including phenoxy) is 1. The van der Waals surface area contributed by atoms with Crippen LogP contribution < -0.4 is 10.1 Å². The number of aryl methyl sites for hydroxylation is 1. The van der Waals surface area contributed by atoms with Crippen molar-refractivity contribution in [3.8, 4) is 5.75 Å². The second-order valence-electron chi connectivity index (χ2n) is 5.55. The monoisotopic (exact) mass is 281 g/mol. The van der Waals surface area contributed by atoms with E-state index >= 15 is 0 Å². The summed E-state index contributed by atoms with van der Waals surface area (Å²) in [6, 6.07) is 5.88. The van der Waals surface area contributed by atoms with Crippen molar-refractivity contribution in [2.75, 3.05) is 13.1 Å². The Balaban J connectivity index is 1.96. The van der Waals surface area contributed by atoms with Gasteiger partial charge in [0.05, 0.1) is 0 Å². The SMILES string of the molecule is CCCNCCC1(Oc2cc(Cl)ccc2C)CCC1. The van der Waals surface area contributed by atoms with Crippen LogP contribution in [0.5, 0.6) is 5.75 Å². The lowest BCUT2D eigenvalue weighted by molar-refractivity contribution is -0.0147. The molecule has 0 spiro atoms. The first kappa shape index (κ1) is 14.7. The molecule has 0 aliphatic heterocycles. The second kappa shape index (κ2) is 6.62. The highest BCUT2D eigenvalue weighted by Crippen LogP contribution is 2.40. The highest BCUT2D eigenvalue weighted by Gasteiger charge is 2.39. The molecule has 1 N–H and O–H groups in total. The molecule has 106 valence electrons. The van der Waals surface area contributed by atoms with Gasteiger partial charge in [0.1, 0.15) is 11.4 Å². The second-order valence-corrected chi connectivity index (χ2v) is 5.98. The number of benzene rings is 1. The predicted octanol–water partition coefficient (Wildman–Crippen LogP) is 4.34. The lowest BCUT2D eigenvalue weighted by Gasteiger charge is -2.42. The molecule has 0 saturated heterocycles. The zero-order valence-electron chi connectivity index (χ0n) is 12.0. The maximum absolute atomic E-state index is 6.31. The summed E-state index contributed by atoms with van der Waals surface area (Å²) in [6.45, 7) is 6.39. The summed E-state index contributed by atoms with van der Waals surface area (Å²) in [5.74, 6) is 0.947. The van der Waals surface area contributed by atoms with E-state index in [1.807, 2.05) is 18.2 Å². The van der Waals surface area contributed by atoms with E-state index in [0.29, 0.717) is 0 Å². The molecule has 0 unspecified atom stereocenters. The van der Waals surface area contributed by atoms with E-state index in [4.69, 9.17) is 16.3 Å². The van der Waals surface area contributed by atoms with Crippen LogP contribution in [0.1, 0.15) is 44.6 Å². The molecular weight excluding hydrogens is 258 g/mol. The number of hydrogen-bond acceptors (Lipinski definition) is 2. The number of hydrogen-bond donors (Lipinski definition) is 1. The first-order chi connectivity index (χ1) is 9.15. The minimum Gasteiger partial charge on any atom is -0.487 e. The van der Waals surface area contributed by atoms with Crippen LogP contribution in [0.2, 0.25) is 5.02 Å². The fourth-order valence-electron chi connectivity index (χ4n) is 2.51. The molecule has 0 heterocycles. The molecule has 0 radical (unpaired) electrons. The van der Waals surface area contributed by atoms with E-state index in [1.165, 1.54) is 12.8 Å². The predicted molar refractivity (Wildman–Crippen MR) is 81.2 cm³/mol. The molecule has 1 saturated carbocycles. The lowest BCUT2D eigenvalue weighted by atomic mass is 9.77. The number of nitrogens with one attached hydrogen (secondary N) is 1. The fraction of sp³-hybridized carbons (Fsp3) is 0.625. The average Bonchev–Trinajstić information content (AvgIpc) is 2.35. The van der Waals surface area contributed by atoms with Crippen molar-refractivity contribution in [1.82, 2.24) is 5.32 Å². The van der Waals surface area contributed by atoms with Gasteiger partial charge in [0.2, 0.25) is 0 Å². The zero-order chi connectivity index (χ0) is 13.7. The zero-order valence-corrected chi connectivity index (χ0v) is 12.7. The minimum absolute atomic E-state index is 0.0379. The Morgan fingerprint density at radius 1 is 1.32 bits per heavy atom. The topological polar surface area (TPSA) is 21.3 Å². The van der Waals surface area contributed by atoms with Gasteiger partial charge >= 0.3 is 0 Å². The molecule has 0 bridgehead atoms. The van der Waals surface area contributed by atoms with Gasteiger partial charge in [-0.2, -0.15) is 0 Å². The Kier molecular flexibility index (Phi) is 5.12. The largest absolute Gasteiger partial charge is 0.487 e. The van der Waals surface area contributed by atoms with Gasteiger partial charge in [0, 0.05) is 5.02 Å². The first-order valence-electron chi connectivity index (χ1n) is 7.31. The molecule has 1 fully saturated rings. The fourth-order valence-corrected chi connectivity index (χ4v) is 2.67. The van der Waals surface area contributed by atoms with Crippen molar-refractivity contribution in [3.05, 3.63) is 28.8 Å². The van der Waals surface area contributed by atoms with E-state index < -0.39 is 0 Å². The van der Waals surface area contributed by atoms with Crippen molar-refractivity contribution >= 4 is 11.6 Å². The first-order valence-corrected chi connectivity index (χ1v) is 7.69. The highest BCUT2D eigenvalue weighted by molar-refractivity contribution is 6.30.